The van der Waals surface area contributed by atoms with Gasteiger partial charge in [-0.05, 0) is 63.2 Å². The molecule has 0 N–H and O–H groups in total. The van der Waals surface area contributed by atoms with Crippen LogP contribution in [0.2, 0.25) is 0 Å². The van der Waals surface area contributed by atoms with Gasteiger partial charge in [0.1, 0.15) is 5.01 Å². The fraction of sp³-hybridized carbons (Fsp3) is 0.182. The molecule has 0 amide bonds. The average Bonchev–Trinajstić information content (AvgIpc) is 3.22. The number of nitrogens with zero attached hydrogens (tertiary/aromatic N) is 2. The molecule has 0 fully saturated rings. The molecule has 4 aromatic rings. The highest BCUT2D eigenvalue weighted by molar-refractivity contribution is 7.21. The van der Waals surface area contributed by atoms with Crippen LogP contribution in [0, 0.1) is 13.8 Å². The first-order valence-electron chi connectivity index (χ1n) is 8.91. The van der Waals surface area contributed by atoms with E-state index in [1.54, 1.807) is 11.3 Å². The average molecular weight is 376 g/mol. The van der Waals surface area contributed by atoms with Crippen molar-refractivity contribution >= 4 is 27.5 Å². The van der Waals surface area contributed by atoms with Gasteiger partial charge in [-0.3, -0.25) is 0 Å². The Bertz CT molecular complexity index is 1090. The normalized spacial score (nSPS) is 11.1. The zero-order valence-electron chi connectivity index (χ0n) is 15.5. The van der Waals surface area contributed by atoms with Crippen LogP contribution >= 0.6 is 11.3 Å². The van der Waals surface area contributed by atoms with E-state index in [1.165, 1.54) is 4.70 Å². The largest absolute Gasteiger partial charge is 0.462 e. The summed E-state index contributed by atoms with van der Waals surface area (Å²) in [4.78, 5) is 16.7. The Morgan fingerprint density at radius 1 is 1.11 bits per heavy atom. The number of fused-ring (bicyclic) bond motifs is 1. The zero-order chi connectivity index (χ0) is 19.0. The molecule has 2 heterocycles. The van der Waals surface area contributed by atoms with E-state index in [-0.39, 0.29) is 5.97 Å². The van der Waals surface area contributed by atoms with Gasteiger partial charge in [0.25, 0.3) is 0 Å². The van der Waals surface area contributed by atoms with Crippen molar-refractivity contribution in [3.63, 3.8) is 0 Å². The first-order valence-corrected chi connectivity index (χ1v) is 9.72. The second-order valence-electron chi connectivity index (χ2n) is 6.37. The van der Waals surface area contributed by atoms with Crippen molar-refractivity contribution in [2.45, 2.75) is 20.8 Å². The number of hydrogen-bond donors (Lipinski definition) is 0. The molecule has 0 radical (unpaired) electrons. The summed E-state index contributed by atoms with van der Waals surface area (Å²) in [5, 5.41) is 1.03. The number of rotatable bonds is 4. The van der Waals surface area contributed by atoms with Crippen molar-refractivity contribution in [2.75, 3.05) is 6.61 Å². The highest BCUT2D eigenvalue weighted by Gasteiger charge is 2.16. The molecule has 0 aliphatic heterocycles. The summed E-state index contributed by atoms with van der Waals surface area (Å²) in [7, 11) is 0. The number of aromatic nitrogens is 2. The van der Waals surface area contributed by atoms with Gasteiger partial charge in [0.2, 0.25) is 0 Å². The van der Waals surface area contributed by atoms with Gasteiger partial charge < -0.3 is 9.30 Å². The number of carbonyl (C=O) groups is 1. The second-order valence-corrected chi connectivity index (χ2v) is 7.40. The number of benzene rings is 2. The summed E-state index contributed by atoms with van der Waals surface area (Å²) < 4.78 is 8.44. The van der Waals surface area contributed by atoms with E-state index in [0.717, 1.165) is 33.2 Å². The molecule has 136 valence electrons. The minimum Gasteiger partial charge on any atom is -0.462 e. The summed E-state index contributed by atoms with van der Waals surface area (Å²) in [5.74, 6) is -0.292. The van der Waals surface area contributed by atoms with Crippen LogP contribution in [0.15, 0.2) is 54.6 Å². The molecule has 4 nitrogen and oxygen atoms in total. The Kier molecular flexibility index (Phi) is 4.54. The molecule has 4 rings (SSSR count). The third kappa shape index (κ3) is 3.15. The molecule has 5 heteroatoms. The fourth-order valence-electron chi connectivity index (χ4n) is 3.33. The van der Waals surface area contributed by atoms with Crippen molar-refractivity contribution in [1.29, 1.82) is 0 Å². The van der Waals surface area contributed by atoms with Gasteiger partial charge in [-0.2, -0.15) is 0 Å². The van der Waals surface area contributed by atoms with E-state index in [9.17, 15) is 4.79 Å². The lowest BCUT2D eigenvalue weighted by molar-refractivity contribution is 0.0526. The van der Waals surface area contributed by atoms with Crippen LogP contribution in [-0.4, -0.2) is 22.1 Å². The zero-order valence-corrected chi connectivity index (χ0v) is 16.3. The van der Waals surface area contributed by atoms with Gasteiger partial charge in [-0.25, -0.2) is 9.78 Å². The van der Waals surface area contributed by atoms with E-state index in [2.05, 4.69) is 30.5 Å². The molecule has 27 heavy (non-hydrogen) atoms. The monoisotopic (exact) mass is 376 g/mol. The smallest absolute Gasteiger partial charge is 0.338 e. The predicted molar refractivity (Wildman–Crippen MR) is 110 cm³/mol. The third-order valence-electron chi connectivity index (χ3n) is 4.59. The van der Waals surface area contributed by atoms with Crippen molar-refractivity contribution in [2.24, 2.45) is 0 Å². The molecule has 0 atom stereocenters. The van der Waals surface area contributed by atoms with E-state index in [1.807, 2.05) is 49.4 Å². The number of hydrogen-bond acceptors (Lipinski definition) is 4. The molecular weight excluding hydrogens is 356 g/mol. The molecule has 0 saturated carbocycles. The van der Waals surface area contributed by atoms with Gasteiger partial charge in [0.15, 0.2) is 0 Å². The molecule has 2 aromatic carbocycles. The van der Waals surface area contributed by atoms with E-state index in [0.29, 0.717) is 12.2 Å². The van der Waals surface area contributed by atoms with Crippen LogP contribution in [0.4, 0.5) is 0 Å². The van der Waals surface area contributed by atoms with Crippen molar-refractivity contribution in [3.05, 3.63) is 71.5 Å². The standard InChI is InChI=1S/C22H20N2O2S/c1-4-26-22(25)16-9-11-17(12-10-16)24-14(2)13-18(15(24)3)21-23-19-7-5-6-8-20(19)27-21/h5-13H,4H2,1-3H3. The number of para-hydroxylation sites is 1. The Balaban J connectivity index is 1.73. The quantitative estimate of drug-likeness (QED) is 0.439. The maximum absolute atomic E-state index is 11.9. The van der Waals surface area contributed by atoms with Crippen LogP contribution in [0.5, 0.6) is 0 Å². The fourth-order valence-corrected chi connectivity index (χ4v) is 4.36. The van der Waals surface area contributed by atoms with Crippen LogP contribution in [0.3, 0.4) is 0 Å². The van der Waals surface area contributed by atoms with Gasteiger partial charge in [-0.1, -0.05) is 12.1 Å². The Morgan fingerprint density at radius 2 is 1.85 bits per heavy atom. The Hall–Kier alpha value is -2.92. The number of ether oxygens (including phenoxy) is 1. The molecule has 0 aliphatic rings. The first-order chi connectivity index (χ1) is 13.1. The topological polar surface area (TPSA) is 44.1 Å². The lowest BCUT2D eigenvalue weighted by atomic mass is 10.2. The Labute approximate surface area is 162 Å². The molecule has 2 aromatic heterocycles. The third-order valence-corrected chi connectivity index (χ3v) is 5.66. The van der Waals surface area contributed by atoms with E-state index < -0.39 is 0 Å². The van der Waals surface area contributed by atoms with Crippen molar-refractivity contribution in [3.8, 4) is 16.3 Å². The number of carbonyl (C=O) groups excluding carboxylic acids is 1. The number of esters is 1. The van der Waals surface area contributed by atoms with Gasteiger partial charge in [0.05, 0.1) is 22.4 Å². The summed E-state index contributed by atoms with van der Waals surface area (Å²) in [6.45, 7) is 6.38. The molecule has 0 aliphatic carbocycles. The van der Waals surface area contributed by atoms with Crippen molar-refractivity contribution < 1.29 is 9.53 Å². The summed E-state index contributed by atoms with van der Waals surface area (Å²) in [5.41, 5.74) is 6.02. The molecule has 0 bridgehead atoms. The maximum atomic E-state index is 11.9. The van der Waals surface area contributed by atoms with Gasteiger partial charge in [-0.15, -0.1) is 11.3 Å². The maximum Gasteiger partial charge on any atom is 0.338 e. The molecule has 0 unspecified atom stereocenters. The number of aryl methyl sites for hydroxylation is 1. The van der Waals surface area contributed by atoms with Crippen LogP contribution in [0.25, 0.3) is 26.5 Å². The van der Waals surface area contributed by atoms with E-state index >= 15 is 0 Å². The Morgan fingerprint density at radius 3 is 2.56 bits per heavy atom. The summed E-state index contributed by atoms with van der Waals surface area (Å²) in [6, 6.07) is 17.9. The van der Waals surface area contributed by atoms with Crippen molar-refractivity contribution in [1.82, 2.24) is 9.55 Å². The lowest BCUT2D eigenvalue weighted by Crippen LogP contribution is -2.05. The van der Waals surface area contributed by atoms with E-state index in [4.69, 9.17) is 9.72 Å². The van der Waals surface area contributed by atoms with Crippen LogP contribution in [-0.2, 0) is 4.74 Å². The van der Waals surface area contributed by atoms with Gasteiger partial charge in [0, 0.05) is 22.6 Å². The van der Waals surface area contributed by atoms with Gasteiger partial charge >= 0.3 is 5.97 Å². The SMILES string of the molecule is CCOC(=O)c1ccc(-n2c(C)cc(-c3nc4ccccc4s3)c2C)cc1. The predicted octanol–water partition coefficient (Wildman–Crippen LogP) is 5.55. The molecular formula is C22H20N2O2S. The summed E-state index contributed by atoms with van der Waals surface area (Å²) >= 11 is 1.71. The summed E-state index contributed by atoms with van der Waals surface area (Å²) in [6.07, 6.45) is 0. The molecule has 0 spiro atoms. The minimum atomic E-state index is -0.292. The first kappa shape index (κ1) is 17.5. The van der Waals surface area contributed by atoms with Crippen LogP contribution in [0.1, 0.15) is 28.7 Å². The van der Waals surface area contributed by atoms with Crippen LogP contribution < -0.4 is 0 Å². The highest BCUT2D eigenvalue weighted by Crippen LogP contribution is 2.34. The lowest BCUT2D eigenvalue weighted by Gasteiger charge is -2.10. The minimum absolute atomic E-state index is 0.292. The second kappa shape index (κ2) is 7.00. The highest BCUT2D eigenvalue weighted by atomic mass is 32.1. The molecule has 0 saturated heterocycles. The number of thiazole rings is 1.